The number of halogens is 2. The van der Waals surface area contributed by atoms with Gasteiger partial charge >= 0.3 is 12.6 Å². The molecule has 2 rings (SSSR count). The average Bonchev–Trinajstić information content (AvgIpc) is 3.15. The van der Waals surface area contributed by atoms with Crippen molar-refractivity contribution in [1.29, 1.82) is 0 Å². The second-order valence-corrected chi connectivity index (χ2v) is 5.63. The van der Waals surface area contributed by atoms with E-state index in [2.05, 4.69) is 10.1 Å². The first-order valence-electron chi connectivity index (χ1n) is 6.83. The van der Waals surface area contributed by atoms with Gasteiger partial charge in [-0.15, -0.1) is 0 Å². The van der Waals surface area contributed by atoms with E-state index >= 15 is 0 Å². The number of rotatable bonds is 7. The summed E-state index contributed by atoms with van der Waals surface area (Å²) < 4.78 is 29.1. The van der Waals surface area contributed by atoms with Gasteiger partial charge in [0.25, 0.3) is 0 Å². The Labute approximate surface area is 122 Å². The predicted molar refractivity (Wildman–Crippen MR) is 73.6 cm³/mol. The third-order valence-corrected chi connectivity index (χ3v) is 3.83. The summed E-state index contributed by atoms with van der Waals surface area (Å²) in [6.45, 7) is 1.53. The van der Waals surface area contributed by atoms with E-state index < -0.39 is 18.0 Å². The van der Waals surface area contributed by atoms with E-state index in [1.807, 2.05) is 0 Å². The van der Waals surface area contributed by atoms with Crippen LogP contribution in [0.5, 0.6) is 5.75 Å². The van der Waals surface area contributed by atoms with Crippen molar-refractivity contribution in [1.82, 2.24) is 5.32 Å². The lowest BCUT2D eigenvalue weighted by Gasteiger charge is -2.15. The van der Waals surface area contributed by atoms with Crippen LogP contribution in [-0.4, -0.2) is 24.2 Å². The van der Waals surface area contributed by atoms with Gasteiger partial charge in [-0.3, -0.25) is 4.79 Å². The molecule has 4 nitrogen and oxygen atoms in total. The number of carbonyl (C=O) groups is 1. The molecular weight excluding hydrogens is 280 g/mol. The fourth-order valence-electron chi connectivity index (χ4n) is 2.48. The van der Waals surface area contributed by atoms with Crippen LogP contribution < -0.4 is 10.1 Å². The topological polar surface area (TPSA) is 58.6 Å². The Balaban J connectivity index is 1.97. The van der Waals surface area contributed by atoms with Gasteiger partial charge in [0, 0.05) is 13.1 Å². The normalized spacial score (nSPS) is 16.0. The summed E-state index contributed by atoms with van der Waals surface area (Å²) in [5.41, 5.74) is 1.61. The second-order valence-electron chi connectivity index (χ2n) is 5.63. The van der Waals surface area contributed by atoms with Gasteiger partial charge in [0.1, 0.15) is 5.75 Å². The molecule has 1 aromatic rings. The molecule has 1 fully saturated rings. The molecule has 0 aliphatic heterocycles. The number of nitrogens with one attached hydrogen (secondary N) is 1. The third kappa shape index (κ3) is 3.69. The summed E-state index contributed by atoms with van der Waals surface area (Å²) in [6.07, 6.45) is 1.41. The SMILES string of the molecule is Cc1cc(CNCC2(C(=O)O)CC2)cc(C)c1OC(F)F. The maximum Gasteiger partial charge on any atom is 0.387 e. The lowest BCUT2D eigenvalue weighted by atomic mass is 10.0. The lowest BCUT2D eigenvalue weighted by Crippen LogP contribution is -2.29. The van der Waals surface area contributed by atoms with Gasteiger partial charge in [0.05, 0.1) is 5.41 Å². The van der Waals surface area contributed by atoms with Gasteiger partial charge in [0.15, 0.2) is 0 Å². The maximum atomic E-state index is 12.3. The number of ether oxygens (including phenoxy) is 1. The van der Waals surface area contributed by atoms with Gasteiger partial charge in [-0.1, -0.05) is 12.1 Å². The zero-order chi connectivity index (χ0) is 15.6. The maximum absolute atomic E-state index is 12.3. The summed E-state index contributed by atoms with van der Waals surface area (Å²) in [5, 5.41) is 12.2. The molecule has 2 N–H and O–H groups in total. The molecule has 0 bridgehead atoms. The average molecular weight is 299 g/mol. The van der Waals surface area contributed by atoms with Crippen LogP contribution in [0.3, 0.4) is 0 Å². The first-order valence-corrected chi connectivity index (χ1v) is 6.83. The van der Waals surface area contributed by atoms with E-state index in [9.17, 15) is 13.6 Å². The van der Waals surface area contributed by atoms with E-state index in [1.54, 1.807) is 26.0 Å². The van der Waals surface area contributed by atoms with Crippen molar-refractivity contribution in [2.45, 2.75) is 39.8 Å². The Morgan fingerprint density at radius 2 is 1.95 bits per heavy atom. The highest BCUT2D eigenvalue weighted by molar-refractivity contribution is 5.78. The van der Waals surface area contributed by atoms with Gasteiger partial charge in [-0.2, -0.15) is 8.78 Å². The van der Waals surface area contributed by atoms with Crippen LogP contribution in [0, 0.1) is 19.3 Å². The van der Waals surface area contributed by atoms with Crippen molar-refractivity contribution in [3.8, 4) is 5.75 Å². The molecule has 0 atom stereocenters. The number of aliphatic carboxylic acids is 1. The molecule has 0 amide bonds. The zero-order valence-corrected chi connectivity index (χ0v) is 12.1. The largest absolute Gasteiger partial charge is 0.481 e. The van der Waals surface area contributed by atoms with Crippen LogP contribution >= 0.6 is 0 Å². The molecule has 0 spiro atoms. The van der Waals surface area contributed by atoms with Crippen molar-refractivity contribution in [2.75, 3.05) is 6.54 Å². The minimum atomic E-state index is -2.84. The Morgan fingerprint density at radius 3 is 2.38 bits per heavy atom. The van der Waals surface area contributed by atoms with Gasteiger partial charge < -0.3 is 15.2 Å². The van der Waals surface area contributed by atoms with E-state index in [4.69, 9.17) is 5.11 Å². The van der Waals surface area contributed by atoms with Crippen LogP contribution in [0.25, 0.3) is 0 Å². The highest BCUT2D eigenvalue weighted by Gasteiger charge is 2.49. The van der Waals surface area contributed by atoms with Gasteiger partial charge in [-0.25, -0.2) is 0 Å². The van der Waals surface area contributed by atoms with Crippen LogP contribution in [0.2, 0.25) is 0 Å². The molecule has 1 aromatic carbocycles. The fourth-order valence-corrected chi connectivity index (χ4v) is 2.48. The Bertz CT molecular complexity index is 519. The molecule has 1 saturated carbocycles. The number of carboxylic acids is 1. The number of hydrogen-bond acceptors (Lipinski definition) is 3. The number of benzene rings is 1. The van der Waals surface area contributed by atoms with Crippen molar-refractivity contribution in [3.63, 3.8) is 0 Å². The molecule has 0 saturated heterocycles. The lowest BCUT2D eigenvalue weighted by molar-refractivity contribution is -0.143. The molecule has 0 aromatic heterocycles. The first-order chi connectivity index (χ1) is 9.84. The number of aryl methyl sites for hydroxylation is 2. The molecular formula is C15H19F2NO3. The van der Waals surface area contributed by atoms with Gasteiger partial charge in [-0.05, 0) is 43.4 Å². The highest BCUT2D eigenvalue weighted by Crippen LogP contribution is 2.45. The van der Waals surface area contributed by atoms with Crippen LogP contribution in [0.1, 0.15) is 29.5 Å². The minimum absolute atomic E-state index is 0.206. The Morgan fingerprint density at radius 1 is 1.38 bits per heavy atom. The van der Waals surface area contributed by atoms with Gasteiger partial charge in [0.2, 0.25) is 0 Å². The molecule has 21 heavy (non-hydrogen) atoms. The quantitative estimate of drug-likeness (QED) is 0.813. The summed E-state index contributed by atoms with van der Waals surface area (Å²) in [5.74, 6) is -0.555. The highest BCUT2D eigenvalue weighted by atomic mass is 19.3. The Kier molecular flexibility index (Phi) is 4.46. The van der Waals surface area contributed by atoms with Crippen molar-refractivity contribution in [2.24, 2.45) is 5.41 Å². The standard InChI is InChI=1S/C15H19F2NO3/c1-9-5-11(6-10(2)12(9)21-14(16)17)7-18-8-15(3-4-15)13(19)20/h5-6,14,18H,3-4,7-8H2,1-2H3,(H,19,20). The minimum Gasteiger partial charge on any atom is -0.481 e. The van der Waals surface area contributed by atoms with E-state index in [-0.39, 0.29) is 5.75 Å². The third-order valence-electron chi connectivity index (χ3n) is 3.83. The molecule has 0 radical (unpaired) electrons. The van der Waals surface area contributed by atoms with Crippen LogP contribution in [-0.2, 0) is 11.3 Å². The second kappa shape index (κ2) is 5.97. The first kappa shape index (κ1) is 15.7. The van der Waals surface area contributed by atoms with E-state index in [0.717, 1.165) is 5.56 Å². The van der Waals surface area contributed by atoms with Crippen molar-refractivity contribution < 1.29 is 23.4 Å². The van der Waals surface area contributed by atoms with Crippen LogP contribution in [0.4, 0.5) is 8.78 Å². The number of hydrogen-bond donors (Lipinski definition) is 2. The van der Waals surface area contributed by atoms with E-state index in [0.29, 0.717) is 37.1 Å². The van der Waals surface area contributed by atoms with E-state index in [1.165, 1.54) is 0 Å². The molecule has 0 unspecified atom stereocenters. The number of alkyl halides is 2. The predicted octanol–water partition coefficient (Wildman–Crippen LogP) is 2.86. The zero-order valence-electron chi connectivity index (χ0n) is 12.1. The molecule has 6 heteroatoms. The smallest absolute Gasteiger partial charge is 0.387 e. The summed E-state index contributed by atoms with van der Waals surface area (Å²) in [6, 6.07) is 3.55. The summed E-state index contributed by atoms with van der Waals surface area (Å²) >= 11 is 0. The van der Waals surface area contributed by atoms with Crippen molar-refractivity contribution >= 4 is 5.97 Å². The molecule has 1 aliphatic rings. The molecule has 1 aliphatic carbocycles. The Hall–Kier alpha value is -1.69. The summed E-state index contributed by atoms with van der Waals surface area (Å²) in [7, 11) is 0. The van der Waals surface area contributed by atoms with Crippen LogP contribution in [0.15, 0.2) is 12.1 Å². The fraction of sp³-hybridized carbons (Fsp3) is 0.533. The molecule has 116 valence electrons. The molecule has 0 heterocycles. The summed E-state index contributed by atoms with van der Waals surface area (Å²) in [4.78, 5) is 11.1. The van der Waals surface area contributed by atoms with Crippen molar-refractivity contribution in [3.05, 3.63) is 28.8 Å². The number of carboxylic acid groups (broad SMARTS) is 1. The monoisotopic (exact) mass is 299 g/mol.